The number of rotatable bonds is 6. The fourth-order valence-electron chi connectivity index (χ4n) is 6.59. The van der Waals surface area contributed by atoms with E-state index < -0.39 is 0 Å². The highest BCUT2D eigenvalue weighted by Gasteiger charge is 2.33. The van der Waals surface area contributed by atoms with Crippen LogP contribution in [0.25, 0.3) is 10.8 Å². The maximum atomic E-state index is 15.4. The van der Waals surface area contributed by atoms with Gasteiger partial charge in [-0.15, -0.1) is 0 Å². The van der Waals surface area contributed by atoms with Crippen molar-refractivity contribution in [3.63, 3.8) is 0 Å². The zero-order chi connectivity index (χ0) is 21.8. The maximum absolute atomic E-state index is 15.4. The van der Waals surface area contributed by atoms with Crippen molar-refractivity contribution in [3.8, 4) is 0 Å². The molecule has 2 aromatic rings. The summed E-state index contributed by atoms with van der Waals surface area (Å²) >= 11 is 0. The Morgan fingerprint density at radius 2 is 1.61 bits per heavy atom. The van der Waals surface area contributed by atoms with Crippen molar-refractivity contribution in [2.75, 3.05) is 0 Å². The van der Waals surface area contributed by atoms with Crippen LogP contribution in [0.1, 0.15) is 95.6 Å². The van der Waals surface area contributed by atoms with Crippen LogP contribution in [0, 0.1) is 29.5 Å². The molecule has 4 rings (SSSR count). The predicted octanol–water partition coefficient (Wildman–Crippen LogP) is 9.22. The van der Waals surface area contributed by atoms with E-state index in [0.29, 0.717) is 5.92 Å². The number of allylic oxidation sites excluding steroid dienone is 2. The monoisotopic (exact) mass is 420 g/mol. The van der Waals surface area contributed by atoms with Crippen molar-refractivity contribution in [1.82, 2.24) is 0 Å². The Kier molecular flexibility index (Phi) is 7.51. The molecule has 0 heterocycles. The smallest absolute Gasteiger partial charge is 0.134 e. The van der Waals surface area contributed by atoms with Gasteiger partial charge in [0.1, 0.15) is 5.82 Å². The molecule has 2 aliphatic rings. The lowest BCUT2D eigenvalue weighted by Gasteiger charge is -2.39. The summed E-state index contributed by atoms with van der Waals surface area (Å²) in [6.07, 6.45) is 17.2. The summed E-state index contributed by atoms with van der Waals surface area (Å²) in [5.41, 5.74) is 2.28. The van der Waals surface area contributed by atoms with Crippen LogP contribution in [-0.4, -0.2) is 0 Å². The van der Waals surface area contributed by atoms with Gasteiger partial charge in [0.2, 0.25) is 0 Å². The molecule has 2 saturated carbocycles. The van der Waals surface area contributed by atoms with Gasteiger partial charge >= 0.3 is 0 Å². The molecule has 0 aromatic heterocycles. The molecule has 0 radical (unpaired) electrons. The Morgan fingerprint density at radius 3 is 2.26 bits per heavy atom. The first-order chi connectivity index (χ1) is 15.1. The molecule has 0 saturated heterocycles. The summed E-state index contributed by atoms with van der Waals surface area (Å²) in [5, 5.41) is 1.87. The third-order valence-corrected chi connectivity index (χ3v) is 8.57. The first-order valence-corrected chi connectivity index (χ1v) is 12.9. The van der Waals surface area contributed by atoms with Crippen molar-refractivity contribution in [3.05, 3.63) is 59.4 Å². The molecule has 168 valence electrons. The molecule has 0 amide bonds. The second-order valence-electron chi connectivity index (χ2n) is 10.4. The van der Waals surface area contributed by atoms with E-state index in [1.807, 2.05) is 6.07 Å². The standard InChI is InChI=1S/C30H41F/c1-4-6-22-8-11-24(12-9-22)21(3)25-13-15-26(16-14-25)28-19-17-27-20-23(7-5-2)10-18-29(27)30(28)31/h4,6,10,17-22,24-26H,5,7-9,11-16H2,1-3H3/b6-4+. The van der Waals surface area contributed by atoms with E-state index in [1.54, 1.807) is 0 Å². The molecule has 0 nitrogen and oxygen atoms in total. The summed E-state index contributed by atoms with van der Waals surface area (Å²) in [4.78, 5) is 0. The lowest BCUT2D eigenvalue weighted by atomic mass is 9.67. The second-order valence-corrected chi connectivity index (χ2v) is 10.4. The second kappa shape index (κ2) is 10.3. The molecule has 1 heteroatoms. The predicted molar refractivity (Wildman–Crippen MR) is 132 cm³/mol. The SMILES string of the molecule is C/C=C/C1CCC(C(C)C2CCC(c3ccc4cc(CCC)ccc4c3F)CC2)CC1. The molecular weight excluding hydrogens is 379 g/mol. The van der Waals surface area contributed by atoms with Gasteiger partial charge in [-0.2, -0.15) is 0 Å². The molecule has 2 aromatic carbocycles. The summed E-state index contributed by atoms with van der Waals surface area (Å²) < 4.78 is 15.4. The molecule has 1 atom stereocenters. The van der Waals surface area contributed by atoms with Gasteiger partial charge in [0.15, 0.2) is 0 Å². The molecule has 0 aliphatic heterocycles. The van der Waals surface area contributed by atoms with E-state index in [9.17, 15) is 0 Å². The number of aryl methyl sites for hydroxylation is 1. The minimum atomic E-state index is 0.0411. The van der Waals surface area contributed by atoms with Crippen molar-refractivity contribution < 1.29 is 4.39 Å². The van der Waals surface area contributed by atoms with Gasteiger partial charge < -0.3 is 0 Å². The Balaban J connectivity index is 1.38. The van der Waals surface area contributed by atoms with Crippen LogP contribution in [0.2, 0.25) is 0 Å². The highest BCUT2D eigenvalue weighted by Crippen LogP contribution is 2.45. The topological polar surface area (TPSA) is 0 Å². The third kappa shape index (κ3) is 5.07. The van der Waals surface area contributed by atoms with Gasteiger partial charge in [-0.3, -0.25) is 0 Å². The highest BCUT2D eigenvalue weighted by molar-refractivity contribution is 5.84. The summed E-state index contributed by atoms with van der Waals surface area (Å²) in [6, 6.07) is 10.5. The molecule has 31 heavy (non-hydrogen) atoms. The normalized spacial score (nSPS) is 28.3. The van der Waals surface area contributed by atoms with Gasteiger partial charge in [0.05, 0.1) is 0 Å². The molecular formula is C30H41F. The Morgan fingerprint density at radius 1 is 0.935 bits per heavy atom. The van der Waals surface area contributed by atoms with E-state index in [1.165, 1.54) is 44.1 Å². The fourth-order valence-corrected chi connectivity index (χ4v) is 6.59. The number of hydrogen-bond acceptors (Lipinski definition) is 0. The fraction of sp³-hybridized carbons (Fsp3) is 0.600. The van der Waals surface area contributed by atoms with Crippen molar-refractivity contribution in [2.45, 2.75) is 90.9 Å². The number of hydrogen-bond donors (Lipinski definition) is 0. The van der Waals surface area contributed by atoms with Crippen LogP contribution in [0.3, 0.4) is 0 Å². The van der Waals surface area contributed by atoms with Crippen LogP contribution >= 0.6 is 0 Å². The van der Waals surface area contributed by atoms with Gasteiger partial charge in [-0.1, -0.05) is 62.8 Å². The van der Waals surface area contributed by atoms with Crippen LogP contribution in [-0.2, 0) is 6.42 Å². The van der Waals surface area contributed by atoms with E-state index in [2.05, 4.69) is 57.2 Å². The lowest BCUT2D eigenvalue weighted by molar-refractivity contribution is 0.142. The Labute approximate surface area is 189 Å². The number of halogens is 1. The largest absolute Gasteiger partial charge is 0.206 e. The zero-order valence-corrected chi connectivity index (χ0v) is 19.9. The molecule has 0 N–H and O–H groups in total. The highest BCUT2D eigenvalue weighted by atomic mass is 19.1. The van der Waals surface area contributed by atoms with Gasteiger partial charge in [0, 0.05) is 5.39 Å². The van der Waals surface area contributed by atoms with E-state index in [0.717, 1.165) is 65.7 Å². The first-order valence-electron chi connectivity index (χ1n) is 12.9. The number of benzene rings is 2. The van der Waals surface area contributed by atoms with Crippen molar-refractivity contribution in [1.29, 1.82) is 0 Å². The van der Waals surface area contributed by atoms with Gasteiger partial charge in [-0.05, 0) is 111 Å². The number of fused-ring (bicyclic) bond motifs is 1. The lowest BCUT2D eigenvalue weighted by Crippen LogP contribution is -2.28. The van der Waals surface area contributed by atoms with Crippen molar-refractivity contribution >= 4 is 10.8 Å². The molecule has 1 unspecified atom stereocenters. The van der Waals surface area contributed by atoms with E-state index in [4.69, 9.17) is 0 Å². The molecule has 2 fully saturated rings. The summed E-state index contributed by atoms with van der Waals surface area (Å²) in [5.74, 6) is 3.81. The van der Waals surface area contributed by atoms with Gasteiger partial charge in [0.25, 0.3) is 0 Å². The van der Waals surface area contributed by atoms with Crippen molar-refractivity contribution in [2.24, 2.45) is 23.7 Å². The summed E-state index contributed by atoms with van der Waals surface area (Å²) in [6.45, 7) is 6.85. The molecule has 0 spiro atoms. The average molecular weight is 421 g/mol. The van der Waals surface area contributed by atoms with Crippen LogP contribution < -0.4 is 0 Å². The van der Waals surface area contributed by atoms with Crippen LogP contribution in [0.5, 0.6) is 0 Å². The van der Waals surface area contributed by atoms with Crippen LogP contribution in [0.4, 0.5) is 4.39 Å². The van der Waals surface area contributed by atoms with Gasteiger partial charge in [-0.25, -0.2) is 4.39 Å². The quantitative estimate of drug-likeness (QED) is 0.408. The average Bonchev–Trinajstić information content (AvgIpc) is 2.80. The Hall–Kier alpha value is -1.63. The first kappa shape index (κ1) is 22.6. The third-order valence-electron chi connectivity index (χ3n) is 8.57. The molecule has 2 aliphatic carbocycles. The zero-order valence-electron chi connectivity index (χ0n) is 19.9. The Bertz CT molecular complexity index is 879. The molecule has 0 bridgehead atoms. The minimum Gasteiger partial charge on any atom is -0.206 e. The summed E-state index contributed by atoms with van der Waals surface area (Å²) in [7, 11) is 0. The van der Waals surface area contributed by atoms with Crippen LogP contribution in [0.15, 0.2) is 42.5 Å². The van der Waals surface area contributed by atoms with E-state index in [-0.39, 0.29) is 5.82 Å². The van der Waals surface area contributed by atoms with E-state index >= 15 is 4.39 Å². The maximum Gasteiger partial charge on any atom is 0.134 e. The minimum absolute atomic E-state index is 0.0411.